The maximum Gasteiger partial charge on any atom is 0.433 e. The Morgan fingerprint density at radius 2 is 1.92 bits per heavy atom. The molecule has 0 saturated carbocycles. The zero-order chi connectivity index (χ0) is 17.3. The van der Waals surface area contributed by atoms with Gasteiger partial charge in [-0.3, -0.25) is 9.78 Å². The van der Waals surface area contributed by atoms with Crippen molar-refractivity contribution >= 4 is 29.3 Å². The molecular formula is C16H12ClF3N2OS. The minimum absolute atomic E-state index is 0.143. The number of nitrogens with zero attached hydrogens (tertiary/aromatic N) is 2. The maximum absolute atomic E-state index is 12.6. The first-order chi connectivity index (χ1) is 11.4. The number of rotatable bonds is 2. The quantitative estimate of drug-likeness (QED) is 0.769. The topological polar surface area (TPSA) is 33.2 Å². The molecule has 1 aromatic heterocycles. The summed E-state index contributed by atoms with van der Waals surface area (Å²) in [5, 5.41) is 0.420. The van der Waals surface area contributed by atoms with E-state index in [0.29, 0.717) is 11.6 Å². The van der Waals surface area contributed by atoms with E-state index >= 15 is 0 Å². The van der Waals surface area contributed by atoms with Gasteiger partial charge in [-0.2, -0.15) is 13.2 Å². The largest absolute Gasteiger partial charge is 0.433 e. The van der Waals surface area contributed by atoms with Crippen LogP contribution in [0.4, 0.5) is 13.2 Å². The predicted octanol–water partition coefficient (Wildman–Crippen LogP) is 4.64. The molecule has 1 amide bonds. The van der Waals surface area contributed by atoms with Crippen molar-refractivity contribution in [2.75, 3.05) is 12.3 Å². The van der Waals surface area contributed by atoms with Gasteiger partial charge in [0.05, 0.1) is 5.56 Å². The summed E-state index contributed by atoms with van der Waals surface area (Å²) in [5.74, 6) is 0.425. The van der Waals surface area contributed by atoms with E-state index in [4.69, 9.17) is 11.6 Å². The zero-order valence-electron chi connectivity index (χ0n) is 12.3. The third kappa shape index (κ3) is 3.52. The van der Waals surface area contributed by atoms with E-state index in [2.05, 4.69) is 4.98 Å². The fourth-order valence-electron chi connectivity index (χ4n) is 2.44. The Balaban J connectivity index is 1.82. The van der Waals surface area contributed by atoms with E-state index in [1.54, 1.807) is 28.8 Å². The first kappa shape index (κ1) is 17.1. The van der Waals surface area contributed by atoms with Crippen molar-refractivity contribution in [3.63, 3.8) is 0 Å². The minimum Gasteiger partial charge on any atom is -0.322 e. The summed E-state index contributed by atoms with van der Waals surface area (Å²) in [4.78, 5) is 17.6. The van der Waals surface area contributed by atoms with Crippen molar-refractivity contribution in [2.45, 2.75) is 11.6 Å². The van der Waals surface area contributed by atoms with Crippen LogP contribution in [-0.2, 0) is 6.18 Å². The molecule has 0 radical (unpaired) electrons. The molecule has 3 nitrogen and oxygen atoms in total. The van der Waals surface area contributed by atoms with Gasteiger partial charge in [-0.05, 0) is 29.8 Å². The normalized spacial score (nSPS) is 18.0. The van der Waals surface area contributed by atoms with Crippen LogP contribution in [0, 0.1) is 0 Å². The molecule has 2 heterocycles. The van der Waals surface area contributed by atoms with Crippen LogP contribution in [0.2, 0.25) is 5.02 Å². The number of amides is 1. The van der Waals surface area contributed by atoms with E-state index < -0.39 is 11.9 Å². The van der Waals surface area contributed by atoms with Crippen LogP contribution in [0.5, 0.6) is 0 Å². The van der Waals surface area contributed by atoms with Crippen molar-refractivity contribution in [3.05, 3.63) is 64.4 Å². The Kier molecular flexibility index (Phi) is 4.73. The van der Waals surface area contributed by atoms with Gasteiger partial charge in [0.15, 0.2) is 0 Å². The third-order valence-electron chi connectivity index (χ3n) is 3.61. The molecule has 24 heavy (non-hydrogen) atoms. The Morgan fingerprint density at radius 1 is 1.21 bits per heavy atom. The Labute approximate surface area is 145 Å². The molecule has 1 atom stereocenters. The summed E-state index contributed by atoms with van der Waals surface area (Å²) in [7, 11) is 0. The highest BCUT2D eigenvalue weighted by molar-refractivity contribution is 7.99. The van der Waals surface area contributed by atoms with Crippen LogP contribution in [0.25, 0.3) is 0 Å². The average molecular weight is 373 g/mol. The van der Waals surface area contributed by atoms with Crippen LogP contribution >= 0.6 is 23.4 Å². The standard InChI is InChI=1S/C16H12ClF3N2OS/c17-12-4-1-10(2-5-12)15-22(7-8-24-15)14(23)11-3-6-13(21-9-11)16(18,19)20/h1-6,9,15H,7-8H2. The summed E-state index contributed by atoms with van der Waals surface area (Å²) in [5.41, 5.74) is 0.0590. The molecule has 1 aromatic carbocycles. The summed E-state index contributed by atoms with van der Waals surface area (Å²) >= 11 is 7.48. The Hall–Kier alpha value is -1.73. The van der Waals surface area contributed by atoms with Gasteiger partial charge in [-0.15, -0.1) is 11.8 Å². The maximum atomic E-state index is 12.6. The van der Waals surface area contributed by atoms with Crippen molar-refractivity contribution in [1.29, 1.82) is 0 Å². The lowest BCUT2D eigenvalue weighted by Gasteiger charge is -2.24. The van der Waals surface area contributed by atoms with E-state index in [9.17, 15) is 18.0 Å². The van der Waals surface area contributed by atoms with Crippen LogP contribution in [-0.4, -0.2) is 28.1 Å². The van der Waals surface area contributed by atoms with Crippen LogP contribution in [0.3, 0.4) is 0 Å². The number of pyridine rings is 1. The molecule has 1 aliphatic heterocycles. The molecule has 1 unspecified atom stereocenters. The van der Waals surface area contributed by atoms with Gasteiger partial charge in [-0.25, -0.2) is 0 Å². The highest BCUT2D eigenvalue weighted by Crippen LogP contribution is 2.39. The van der Waals surface area contributed by atoms with Gasteiger partial charge in [0.25, 0.3) is 5.91 Å². The zero-order valence-corrected chi connectivity index (χ0v) is 13.8. The van der Waals surface area contributed by atoms with Gasteiger partial charge >= 0.3 is 6.18 Å². The molecule has 0 N–H and O–H groups in total. The van der Waals surface area contributed by atoms with E-state index in [-0.39, 0.29) is 16.8 Å². The molecule has 1 saturated heterocycles. The van der Waals surface area contributed by atoms with Gasteiger partial charge in [0.2, 0.25) is 0 Å². The lowest BCUT2D eigenvalue weighted by molar-refractivity contribution is -0.141. The number of hydrogen-bond acceptors (Lipinski definition) is 3. The first-order valence-corrected chi connectivity index (χ1v) is 8.50. The van der Waals surface area contributed by atoms with Crippen LogP contribution in [0.15, 0.2) is 42.6 Å². The molecule has 0 bridgehead atoms. The van der Waals surface area contributed by atoms with E-state index in [1.807, 2.05) is 12.1 Å². The fourth-order valence-corrected chi connectivity index (χ4v) is 3.82. The van der Waals surface area contributed by atoms with Crippen LogP contribution in [0.1, 0.15) is 27.0 Å². The number of benzene rings is 1. The molecule has 1 aliphatic rings. The molecule has 1 fully saturated rings. The number of halogens is 4. The first-order valence-electron chi connectivity index (χ1n) is 7.07. The monoisotopic (exact) mass is 372 g/mol. The molecule has 0 spiro atoms. The number of carbonyl (C=O) groups is 1. The molecule has 3 rings (SSSR count). The molecule has 126 valence electrons. The molecule has 2 aromatic rings. The third-order valence-corrected chi connectivity index (χ3v) is 5.12. The number of thioether (sulfide) groups is 1. The second-order valence-corrected chi connectivity index (χ2v) is 6.83. The van der Waals surface area contributed by atoms with Crippen molar-refractivity contribution in [1.82, 2.24) is 9.88 Å². The summed E-state index contributed by atoms with van der Waals surface area (Å²) < 4.78 is 37.7. The lowest BCUT2D eigenvalue weighted by Crippen LogP contribution is -2.30. The van der Waals surface area contributed by atoms with Crippen molar-refractivity contribution in [3.8, 4) is 0 Å². The summed E-state index contributed by atoms with van der Waals surface area (Å²) in [6.45, 7) is 0.526. The van der Waals surface area contributed by atoms with Crippen molar-refractivity contribution in [2.24, 2.45) is 0 Å². The highest BCUT2D eigenvalue weighted by Gasteiger charge is 2.34. The Morgan fingerprint density at radius 3 is 2.50 bits per heavy atom. The number of alkyl halides is 3. The Bertz CT molecular complexity index is 734. The summed E-state index contributed by atoms with van der Waals surface area (Å²) in [6.07, 6.45) is -3.54. The predicted molar refractivity (Wildman–Crippen MR) is 86.9 cm³/mol. The second-order valence-electron chi connectivity index (χ2n) is 5.20. The summed E-state index contributed by atoms with van der Waals surface area (Å²) in [6, 6.07) is 9.18. The average Bonchev–Trinajstić information content (AvgIpc) is 3.04. The number of hydrogen-bond donors (Lipinski definition) is 0. The highest BCUT2D eigenvalue weighted by atomic mass is 35.5. The SMILES string of the molecule is O=C(c1ccc(C(F)(F)F)nc1)N1CCSC1c1ccc(Cl)cc1. The number of carbonyl (C=O) groups excluding carboxylic acids is 1. The molecule has 0 aliphatic carbocycles. The molecular weight excluding hydrogens is 361 g/mol. The minimum atomic E-state index is -4.52. The van der Waals surface area contributed by atoms with Gasteiger partial charge < -0.3 is 4.90 Å². The fraction of sp³-hybridized carbons (Fsp3) is 0.250. The van der Waals surface area contributed by atoms with Gasteiger partial charge in [-0.1, -0.05) is 23.7 Å². The van der Waals surface area contributed by atoms with Crippen molar-refractivity contribution < 1.29 is 18.0 Å². The smallest absolute Gasteiger partial charge is 0.322 e. The van der Waals surface area contributed by atoms with E-state index in [0.717, 1.165) is 23.6 Å². The lowest BCUT2D eigenvalue weighted by atomic mass is 10.1. The molecule has 8 heteroatoms. The van der Waals surface area contributed by atoms with Crippen LogP contribution < -0.4 is 0 Å². The number of aromatic nitrogens is 1. The second kappa shape index (κ2) is 6.64. The van der Waals surface area contributed by atoms with Gasteiger partial charge in [0, 0.05) is 23.5 Å². The van der Waals surface area contributed by atoms with E-state index in [1.165, 1.54) is 6.07 Å². The van der Waals surface area contributed by atoms with Gasteiger partial charge in [0.1, 0.15) is 11.1 Å².